The number of anilines is 1. The minimum Gasteiger partial charge on any atom is -0.381 e. The van der Waals surface area contributed by atoms with Crippen molar-refractivity contribution in [1.29, 1.82) is 0 Å². The van der Waals surface area contributed by atoms with Gasteiger partial charge in [0.25, 0.3) is 10.0 Å². The molecule has 0 radical (unpaired) electrons. The van der Waals surface area contributed by atoms with Gasteiger partial charge in [-0.1, -0.05) is 24.3 Å². The summed E-state index contributed by atoms with van der Waals surface area (Å²) >= 11 is 1.27. The number of nitrogens with zero attached hydrogens (tertiary/aromatic N) is 2. The van der Waals surface area contributed by atoms with Gasteiger partial charge in [0.1, 0.15) is 0 Å². The number of sulfonamides is 1. The summed E-state index contributed by atoms with van der Waals surface area (Å²) in [6, 6.07) is 12.6. The number of hydrogen-bond donors (Lipinski definition) is 1. The summed E-state index contributed by atoms with van der Waals surface area (Å²) in [6.45, 7) is 2.81. The lowest BCUT2D eigenvalue weighted by molar-refractivity contribution is 0.0293. The topological polar surface area (TPSA) is 71.5 Å². The minimum atomic E-state index is -3.66. The number of ether oxygens (including phenoxy) is 1. The zero-order valence-electron chi connectivity index (χ0n) is 16.7. The maximum Gasteiger partial charge on any atom is 0.263 e. The predicted molar refractivity (Wildman–Crippen MR) is 119 cm³/mol. The first-order valence-electron chi connectivity index (χ1n) is 10.4. The first-order valence-corrected chi connectivity index (χ1v) is 12.8. The molecule has 8 heteroatoms. The molecule has 0 saturated carbocycles. The standard InChI is InChI=1S/C22H25N3O3S2/c26-30(27,24-22-23-10-14-29-22)18-6-7-19-16(15-18)3-1-4-20(19)21-5-2-11-25(21)17-8-12-28-13-9-17/h1,3-4,6-7,10,14-15,17,21H,2,5,8-9,11-13H2,(H,23,24)/t21-/m0/s1. The summed E-state index contributed by atoms with van der Waals surface area (Å²) in [5.74, 6) is 0. The van der Waals surface area contributed by atoms with Crippen molar-refractivity contribution >= 4 is 37.3 Å². The second-order valence-corrected chi connectivity index (χ2v) is 10.5. The Kier molecular flexibility index (Phi) is 5.49. The summed E-state index contributed by atoms with van der Waals surface area (Å²) < 4.78 is 33.7. The van der Waals surface area contributed by atoms with Gasteiger partial charge in [-0.2, -0.15) is 0 Å². The van der Waals surface area contributed by atoms with E-state index in [2.05, 4.69) is 20.7 Å². The molecule has 158 valence electrons. The summed E-state index contributed by atoms with van der Waals surface area (Å²) in [7, 11) is -3.66. The van der Waals surface area contributed by atoms with Gasteiger partial charge in [-0.15, -0.1) is 11.3 Å². The van der Waals surface area contributed by atoms with Crippen LogP contribution >= 0.6 is 11.3 Å². The Bertz CT molecular complexity index is 1130. The second-order valence-electron chi connectivity index (χ2n) is 7.91. The second kappa shape index (κ2) is 8.26. The van der Waals surface area contributed by atoms with Crippen LogP contribution in [0.1, 0.15) is 37.3 Å². The van der Waals surface area contributed by atoms with Gasteiger partial charge in [0.15, 0.2) is 5.13 Å². The molecule has 1 N–H and O–H groups in total. The Morgan fingerprint density at radius 2 is 2.00 bits per heavy atom. The smallest absolute Gasteiger partial charge is 0.263 e. The first-order chi connectivity index (χ1) is 14.6. The predicted octanol–water partition coefficient (Wildman–Crippen LogP) is 4.41. The van der Waals surface area contributed by atoms with Crippen molar-refractivity contribution in [3.63, 3.8) is 0 Å². The van der Waals surface area contributed by atoms with Gasteiger partial charge in [0.05, 0.1) is 4.90 Å². The number of hydrogen-bond acceptors (Lipinski definition) is 6. The van der Waals surface area contributed by atoms with Crippen molar-refractivity contribution in [3.8, 4) is 0 Å². The molecule has 0 spiro atoms. The minimum absolute atomic E-state index is 0.259. The fourth-order valence-corrected chi connectivity index (χ4v) is 6.59. The van der Waals surface area contributed by atoms with Crippen LogP contribution in [0.2, 0.25) is 0 Å². The Balaban J connectivity index is 1.47. The van der Waals surface area contributed by atoms with E-state index in [1.807, 2.05) is 18.2 Å². The lowest BCUT2D eigenvalue weighted by Crippen LogP contribution is -2.39. The van der Waals surface area contributed by atoms with E-state index in [-0.39, 0.29) is 4.90 Å². The number of rotatable bonds is 5. The summed E-state index contributed by atoms with van der Waals surface area (Å²) in [4.78, 5) is 6.93. The van der Waals surface area contributed by atoms with E-state index in [4.69, 9.17) is 4.74 Å². The molecule has 6 nitrogen and oxygen atoms in total. The van der Waals surface area contributed by atoms with Crippen LogP contribution in [0.4, 0.5) is 5.13 Å². The van der Waals surface area contributed by atoms with Crippen LogP contribution in [0.15, 0.2) is 52.9 Å². The Morgan fingerprint density at radius 3 is 2.80 bits per heavy atom. The quantitative estimate of drug-likeness (QED) is 0.632. The molecule has 2 saturated heterocycles. The Morgan fingerprint density at radius 1 is 1.13 bits per heavy atom. The fourth-order valence-electron chi connectivity index (χ4n) is 4.77. The molecule has 2 fully saturated rings. The highest BCUT2D eigenvalue weighted by Gasteiger charge is 2.33. The van der Waals surface area contributed by atoms with Gasteiger partial charge in [-0.3, -0.25) is 9.62 Å². The molecule has 0 aliphatic carbocycles. The number of fused-ring (bicyclic) bond motifs is 1. The van der Waals surface area contributed by atoms with Crippen LogP contribution < -0.4 is 4.72 Å². The van der Waals surface area contributed by atoms with Crippen LogP contribution in [0.5, 0.6) is 0 Å². The van der Waals surface area contributed by atoms with Crippen LogP contribution in [0, 0.1) is 0 Å². The average molecular weight is 444 g/mol. The fraction of sp³-hybridized carbons (Fsp3) is 0.409. The van der Waals surface area contributed by atoms with E-state index < -0.39 is 10.0 Å². The van der Waals surface area contributed by atoms with Crippen LogP contribution in [0.3, 0.4) is 0 Å². The monoisotopic (exact) mass is 443 g/mol. The maximum absolute atomic E-state index is 12.8. The van der Waals surface area contributed by atoms with E-state index >= 15 is 0 Å². The molecule has 5 rings (SSSR count). The third kappa shape index (κ3) is 3.85. The highest BCUT2D eigenvalue weighted by Crippen LogP contribution is 2.39. The molecular weight excluding hydrogens is 418 g/mol. The Labute approximate surface area is 180 Å². The van der Waals surface area contributed by atoms with Crippen molar-refractivity contribution in [3.05, 3.63) is 53.5 Å². The normalized spacial score (nSPS) is 21.3. The van der Waals surface area contributed by atoms with Gasteiger partial charge >= 0.3 is 0 Å². The molecule has 1 atom stereocenters. The van der Waals surface area contributed by atoms with Crippen molar-refractivity contribution in [2.75, 3.05) is 24.5 Å². The highest BCUT2D eigenvalue weighted by atomic mass is 32.2. The van der Waals surface area contributed by atoms with Crippen molar-refractivity contribution in [2.24, 2.45) is 0 Å². The lowest BCUT2D eigenvalue weighted by Gasteiger charge is -2.36. The van der Waals surface area contributed by atoms with Gasteiger partial charge in [0.2, 0.25) is 0 Å². The molecule has 1 aromatic heterocycles. The number of nitrogens with one attached hydrogen (secondary N) is 1. The number of thiazole rings is 1. The first kappa shape index (κ1) is 19.9. The average Bonchev–Trinajstić information content (AvgIpc) is 3.45. The van der Waals surface area contributed by atoms with Gasteiger partial charge in [-0.05, 0) is 60.7 Å². The largest absolute Gasteiger partial charge is 0.381 e. The molecule has 0 bridgehead atoms. The zero-order valence-corrected chi connectivity index (χ0v) is 18.3. The van der Waals surface area contributed by atoms with Crippen LogP contribution in [-0.2, 0) is 14.8 Å². The van der Waals surface area contributed by atoms with E-state index in [0.717, 1.165) is 49.8 Å². The van der Waals surface area contributed by atoms with E-state index in [1.54, 1.807) is 23.7 Å². The summed E-state index contributed by atoms with van der Waals surface area (Å²) in [5, 5.41) is 4.21. The third-order valence-corrected chi connectivity index (χ3v) is 8.32. The van der Waals surface area contributed by atoms with Crippen LogP contribution in [-0.4, -0.2) is 44.1 Å². The van der Waals surface area contributed by atoms with Crippen molar-refractivity contribution in [2.45, 2.75) is 42.7 Å². The number of likely N-dealkylation sites (tertiary alicyclic amines) is 1. The van der Waals surface area contributed by atoms with Gasteiger partial charge in [0, 0.05) is 36.9 Å². The maximum atomic E-state index is 12.8. The lowest BCUT2D eigenvalue weighted by atomic mass is 9.95. The molecule has 2 aromatic carbocycles. The van der Waals surface area contributed by atoms with E-state index in [0.29, 0.717) is 17.2 Å². The van der Waals surface area contributed by atoms with Crippen molar-refractivity contribution in [1.82, 2.24) is 9.88 Å². The SMILES string of the molecule is O=S(=O)(Nc1nccs1)c1ccc2c([C@@H]3CCCN3C3CCOCC3)cccc2c1. The highest BCUT2D eigenvalue weighted by molar-refractivity contribution is 7.93. The molecular formula is C22H25N3O3S2. The van der Waals surface area contributed by atoms with Gasteiger partial charge < -0.3 is 4.74 Å². The molecule has 0 unspecified atom stereocenters. The number of aromatic nitrogens is 1. The molecule has 0 amide bonds. The summed E-state index contributed by atoms with van der Waals surface area (Å²) in [5.41, 5.74) is 1.30. The molecule has 3 aromatic rings. The molecule has 2 aliphatic rings. The van der Waals surface area contributed by atoms with E-state index in [1.165, 1.54) is 23.3 Å². The van der Waals surface area contributed by atoms with Crippen molar-refractivity contribution < 1.29 is 13.2 Å². The molecule has 2 aliphatic heterocycles. The van der Waals surface area contributed by atoms with Crippen LogP contribution in [0.25, 0.3) is 10.8 Å². The summed E-state index contributed by atoms with van der Waals surface area (Å²) in [6.07, 6.45) is 6.10. The zero-order chi connectivity index (χ0) is 20.6. The molecule has 30 heavy (non-hydrogen) atoms. The number of benzene rings is 2. The molecule has 3 heterocycles. The Hall–Kier alpha value is -2.00. The third-order valence-electron chi connectivity index (χ3n) is 6.16. The van der Waals surface area contributed by atoms with E-state index in [9.17, 15) is 8.42 Å². The van der Waals surface area contributed by atoms with Gasteiger partial charge in [-0.25, -0.2) is 13.4 Å².